The molecule has 4 unspecified atom stereocenters. The number of rotatable bonds is 3. The fraction of sp³-hybridized carbons (Fsp3) is 0.308. The Morgan fingerprint density at radius 3 is 2.67 bits per heavy atom. The van der Waals surface area contributed by atoms with Gasteiger partial charge in [0.25, 0.3) is 0 Å². The summed E-state index contributed by atoms with van der Waals surface area (Å²) in [7, 11) is 1.31. The highest BCUT2D eigenvalue weighted by Gasteiger charge is 2.47. The van der Waals surface area contributed by atoms with Gasteiger partial charge in [0.1, 0.15) is 12.0 Å². The Bertz CT molecular complexity index is 471. The molecule has 1 aromatic rings. The largest absolute Gasteiger partial charge is 0.469 e. The summed E-state index contributed by atoms with van der Waals surface area (Å²) in [4.78, 5) is 11.8. The predicted octanol–water partition coefficient (Wildman–Crippen LogP) is 1.77. The summed E-state index contributed by atoms with van der Waals surface area (Å²) in [5.41, 5.74) is 0.811. The van der Waals surface area contributed by atoms with E-state index in [0.717, 1.165) is 5.56 Å². The van der Waals surface area contributed by atoms with Crippen LogP contribution in [0.15, 0.2) is 43.0 Å². The zero-order valence-corrected chi connectivity index (χ0v) is 10.8. The van der Waals surface area contributed by atoms with Crippen molar-refractivity contribution in [3.8, 4) is 0 Å². The van der Waals surface area contributed by atoms with Gasteiger partial charge in [-0.05, 0) is 5.56 Å². The lowest BCUT2D eigenvalue weighted by Crippen LogP contribution is -2.28. The summed E-state index contributed by atoms with van der Waals surface area (Å²) in [5.74, 6) is -1.05. The minimum atomic E-state index is -1.56. The standard InChI is InChI=1S/C13H14O4S/c1-3-10-11(13(14)16-2)12(17-18(10)15)9-7-5-4-6-8-9/h3-8,10-12H,1H2,2H3. The van der Waals surface area contributed by atoms with Crippen LogP contribution in [0.4, 0.5) is 0 Å². The molecule has 0 N–H and O–H groups in total. The van der Waals surface area contributed by atoms with E-state index in [2.05, 4.69) is 6.58 Å². The third kappa shape index (κ3) is 2.23. The maximum atomic E-state index is 11.8. The highest BCUT2D eigenvalue weighted by atomic mass is 32.2. The molecule has 5 heteroatoms. The first-order valence-electron chi connectivity index (χ1n) is 5.52. The lowest BCUT2D eigenvalue weighted by Gasteiger charge is -2.17. The van der Waals surface area contributed by atoms with Crippen LogP contribution in [0.5, 0.6) is 0 Å². The van der Waals surface area contributed by atoms with Crippen molar-refractivity contribution in [2.75, 3.05) is 7.11 Å². The number of esters is 1. The van der Waals surface area contributed by atoms with Gasteiger partial charge in [-0.3, -0.25) is 8.98 Å². The molecule has 1 aliphatic heterocycles. The van der Waals surface area contributed by atoms with E-state index in [1.807, 2.05) is 30.3 Å². The van der Waals surface area contributed by atoms with Gasteiger partial charge in [-0.15, -0.1) is 6.58 Å². The van der Waals surface area contributed by atoms with Gasteiger partial charge in [0, 0.05) is 0 Å². The molecule has 0 aromatic heterocycles. The molecule has 0 amide bonds. The molecular weight excluding hydrogens is 252 g/mol. The second kappa shape index (κ2) is 5.46. The summed E-state index contributed by atoms with van der Waals surface area (Å²) in [6.07, 6.45) is 0.933. The summed E-state index contributed by atoms with van der Waals surface area (Å²) in [5, 5.41) is -0.539. The van der Waals surface area contributed by atoms with Crippen LogP contribution in [0.1, 0.15) is 11.7 Å². The monoisotopic (exact) mass is 266 g/mol. The van der Waals surface area contributed by atoms with E-state index in [1.54, 1.807) is 0 Å². The van der Waals surface area contributed by atoms with Gasteiger partial charge in [0.2, 0.25) is 0 Å². The lowest BCUT2D eigenvalue weighted by molar-refractivity contribution is -0.147. The average Bonchev–Trinajstić information content (AvgIpc) is 2.75. The van der Waals surface area contributed by atoms with E-state index in [-0.39, 0.29) is 0 Å². The van der Waals surface area contributed by atoms with Gasteiger partial charge < -0.3 is 4.74 Å². The number of carbonyl (C=O) groups is 1. The van der Waals surface area contributed by atoms with Gasteiger partial charge in [0.05, 0.1) is 12.4 Å². The Morgan fingerprint density at radius 2 is 2.11 bits per heavy atom. The first-order valence-corrected chi connectivity index (χ1v) is 6.66. The molecule has 1 heterocycles. The normalized spacial score (nSPS) is 30.9. The fourth-order valence-corrected chi connectivity index (χ4v) is 3.26. The van der Waals surface area contributed by atoms with Gasteiger partial charge in [-0.25, -0.2) is 4.21 Å². The first-order chi connectivity index (χ1) is 8.69. The molecule has 0 aliphatic carbocycles. The third-order valence-electron chi connectivity index (χ3n) is 2.93. The molecule has 1 saturated heterocycles. The van der Waals surface area contributed by atoms with E-state index in [0.29, 0.717) is 0 Å². The molecule has 2 rings (SSSR count). The molecule has 0 bridgehead atoms. The molecule has 1 aliphatic rings. The topological polar surface area (TPSA) is 52.6 Å². The highest BCUT2D eigenvalue weighted by Crippen LogP contribution is 2.39. The maximum absolute atomic E-state index is 11.8. The number of hydrogen-bond donors (Lipinski definition) is 0. The second-order valence-corrected chi connectivity index (χ2v) is 5.20. The number of methoxy groups -OCH3 is 1. The van der Waals surface area contributed by atoms with Gasteiger partial charge >= 0.3 is 5.97 Å². The van der Waals surface area contributed by atoms with Crippen LogP contribution in [-0.4, -0.2) is 22.5 Å². The average molecular weight is 266 g/mol. The molecular formula is C13H14O4S. The van der Waals surface area contributed by atoms with E-state index in [4.69, 9.17) is 8.92 Å². The quantitative estimate of drug-likeness (QED) is 0.618. The van der Waals surface area contributed by atoms with Crippen LogP contribution >= 0.6 is 0 Å². The molecule has 0 saturated carbocycles. The van der Waals surface area contributed by atoms with Crippen molar-refractivity contribution in [1.82, 2.24) is 0 Å². The molecule has 4 atom stereocenters. The molecule has 18 heavy (non-hydrogen) atoms. The van der Waals surface area contributed by atoms with Crippen LogP contribution in [-0.2, 0) is 24.8 Å². The molecule has 1 aromatic carbocycles. The van der Waals surface area contributed by atoms with E-state index in [1.165, 1.54) is 13.2 Å². The van der Waals surface area contributed by atoms with Crippen molar-refractivity contribution in [3.63, 3.8) is 0 Å². The van der Waals surface area contributed by atoms with Crippen molar-refractivity contribution in [1.29, 1.82) is 0 Å². The van der Waals surface area contributed by atoms with E-state index >= 15 is 0 Å². The number of benzene rings is 1. The summed E-state index contributed by atoms with van der Waals surface area (Å²) < 4.78 is 22.0. The summed E-state index contributed by atoms with van der Waals surface area (Å²) in [6, 6.07) is 9.23. The van der Waals surface area contributed by atoms with Crippen molar-refractivity contribution in [2.24, 2.45) is 5.92 Å². The molecule has 0 spiro atoms. The molecule has 1 fully saturated rings. The van der Waals surface area contributed by atoms with Gasteiger partial charge in [-0.2, -0.15) is 0 Å². The number of hydrogen-bond acceptors (Lipinski definition) is 4. The SMILES string of the molecule is C=CC1C(C(=O)OC)C(c2ccccc2)OS1=O. The fourth-order valence-electron chi connectivity index (χ4n) is 2.04. The minimum absolute atomic E-state index is 0.431. The Kier molecular flexibility index (Phi) is 3.93. The molecule has 4 nitrogen and oxygen atoms in total. The lowest BCUT2D eigenvalue weighted by atomic mass is 9.92. The van der Waals surface area contributed by atoms with E-state index < -0.39 is 34.3 Å². The smallest absolute Gasteiger partial charge is 0.313 e. The second-order valence-electron chi connectivity index (χ2n) is 3.94. The van der Waals surface area contributed by atoms with E-state index in [9.17, 15) is 9.00 Å². The van der Waals surface area contributed by atoms with Gasteiger partial charge in [-0.1, -0.05) is 36.4 Å². The van der Waals surface area contributed by atoms with Crippen molar-refractivity contribution >= 4 is 17.0 Å². The van der Waals surface area contributed by atoms with Crippen LogP contribution in [0.2, 0.25) is 0 Å². The van der Waals surface area contributed by atoms with Gasteiger partial charge in [0.15, 0.2) is 11.1 Å². The van der Waals surface area contributed by atoms with Crippen molar-refractivity contribution in [2.45, 2.75) is 11.4 Å². The summed E-state index contributed by atoms with van der Waals surface area (Å²) >= 11 is -1.56. The zero-order valence-electron chi connectivity index (χ0n) is 9.94. The van der Waals surface area contributed by atoms with Crippen LogP contribution in [0.25, 0.3) is 0 Å². The van der Waals surface area contributed by atoms with Crippen LogP contribution in [0, 0.1) is 5.92 Å². The first kappa shape index (κ1) is 13.0. The minimum Gasteiger partial charge on any atom is -0.469 e. The third-order valence-corrected chi connectivity index (χ3v) is 4.26. The molecule has 96 valence electrons. The zero-order chi connectivity index (χ0) is 13.1. The highest BCUT2D eigenvalue weighted by molar-refractivity contribution is 7.81. The van der Waals surface area contributed by atoms with Crippen molar-refractivity contribution < 1.29 is 17.9 Å². The van der Waals surface area contributed by atoms with Crippen LogP contribution in [0.3, 0.4) is 0 Å². The predicted molar refractivity (Wildman–Crippen MR) is 67.9 cm³/mol. The Balaban J connectivity index is 2.37. The Morgan fingerprint density at radius 1 is 1.44 bits per heavy atom. The number of ether oxygens (including phenoxy) is 1. The molecule has 0 radical (unpaired) electrons. The van der Waals surface area contributed by atoms with Crippen molar-refractivity contribution in [3.05, 3.63) is 48.6 Å². The summed E-state index contributed by atoms with van der Waals surface area (Å²) in [6.45, 7) is 3.61. The Labute approximate surface area is 108 Å². The van der Waals surface area contributed by atoms with Crippen LogP contribution < -0.4 is 0 Å². The number of carbonyl (C=O) groups excluding carboxylic acids is 1. The maximum Gasteiger partial charge on any atom is 0.313 e. The Hall–Kier alpha value is -1.46.